The molecule has 0 fully saturated rings. The van der Waals surface area contributed by atoms with E-state index in [2.05, 4.69) is 32.7 Å². The van der Waals surface area contributed by atoms with Crippen LogP contribution in [0.3, 0.4) is 0 Å². The molecule has 0 spiro atoms. The third-order valence-corrected chi connectivity index (χ3v) is 4.38. The molecule has 0 saturated carbocycles. The van der Waals surface area contributed by atoms with Crippen molar-refractivity contribution in [2.75, 3.05) is 6.54 Å². The third kappa shape index (κ3) is 3.90. The molecule has 2 rings (SSSR count). The predicted octanol–water partition coefficient (Wildman–Crippen LogP) is 4.29. The second-order valence-electron chi connectivity index (χ2n) is 4.26. The van der Waals surface area contributed by atoms with Gasteiger partial charge in [0.25, 0.3) is 0 Å². The molecule has 0 radical (unpaired) electrons. The fraction of sp³-hybridized carbons (Fsp3) is 0.286. The maximum Gasteiger partial charge on any atom is 0.123 e. The molecule has 4 heteroatoms. The number of aryl methyl sites for hydroxylation is 1. The van der Waals surface area contributed by atoms with Crippen molar-refractivity contribution in [3.63, 3.8) is 0 Å². The van der Waals surface area contributed by atoms with Crippen LogP contribution in [0.25, 0.3) is 0 Å². The summed E-state index contributed by atoms with van der Waals surface area (Å²) in [6.45, 7) is 3.73. The van der Waals surface area contributed by atoms with Crippen molar-refractivity contribution in [3.8, 4) is 0 Å². The monoisotopic (exact) mass is 327 g/mol. The SMILES string of the molecule is Cc1cc(F)ccc1CCNCc1csc(Br)c1. The molecule has 0 unspecified atom stereocenters. The van der Waals surface area contributed by atoms with Crippen LogP contribution in [0.5, 0.6) is 0 Å². The molecule has 1 aromatic carbocycles. The Kier molecular flexibility index (Phi) is 4.92. The van der Waals surface area contributed by atoms with Crippen LogP contribution >= 0.6 is 27.3 Å². The second kappa shape index (κ2) is 6.45. The van der Waals surface area contributed by atoms with Gasteiger partial charge in [-0.05, 0) is 76.1 Å². The first-order valence-corrected chi connectivity index (χ1v) is 7.51. The van der Waals surface area contributed by atoms with Crippen LogP contribution in [-0.2, 0) is 13.0 Å². The van der Waals surface area contributed by atoms with Gasteiger partial charge < -0.3 is 5.32 Å². The molecule has 0 saturated heterocycles. The topological polar surface area (TPSA) is 12.0 Å². The normalized spacial score (nSPS) is 10.8. The minimum absolute atomic E-state index is 0.160. The van der Waals surface area contributed by atoms with Gasteiger partial charge in [0, 0.05) is 6.54 Å². The Balaban J connectivity index is 1.78. The van der Waals surface area contributed by atoms with Crippen molar-refractivity contribution >= 4 is 27.3 Å². The summed E-state index contributed by atoms with van der Waals surface area (Å²) in [5.74, 6) is -0.160. The minimum Gasteiger partial charge on any atom is -0.312 e. The number of rotatable bonds is 5. The minimum atomic E-state index is -0.160. The van der Waals surface area contributed by atoms with E-state index in [9.17, 15) is 4.39 Å². The van der Waals surface area contributed by atoms with Gasteiger partial charge in [-0.1, -0.05) is 6.07 Å². The highest BCUT2D eigenvalue weighted by Crippen LogP contribution is 2.20. The van der Waals surface area contributed by atoms with Crippen molar-refractivity contribution < 1.29 is 4.39 Å². The highest BCUT2D eigenvalue weighted by atomic mass is 79.9. The smallest absolute Gasteiger partial charge is 0.123 e. The van der Waals surface area contributed by atoms with Gasteiger partial charge in [0.05, 0.1) is 3.79 Å². The Bertz CT molecular complexity index is 524. The Morgan fingerprint density at radius 1 is 1.33 bits per heavy atom. The summed E-state index contributed by atoms with van der Waals surface area (Å²) in [4.78, 5) is 0. The second-order valence-corrected chi connectivity index (χ2v) is 6.55. The summed E-state index contributed by atoms with van der Waals surface area (Å²) >= 11 is 5.15. The highest BCUT2D eigenvalue weighted by molar-refractivity contribution is 9.11. The van der Waals surface area contributed by atoms with E-state index in [1.807, 2.05) is 13.0 Å². The molecule has 96 valence electrons. The fourth-order valence-corrected chi connectivity index (χ4v) is 3.04. The van der Waals surface area contributed by atoms with Crippen molar-refractivity contribution in [3.05, 3.63) is 55.9 Å². The molecule has 2 aromatic rings. The number of nitrogens with one attached hydrogen (secondary N) is 1. The highest BCUT2D eigenvalue weighted by Gasteiger charge is 2.00. The van der Waals surface area contributed by atoms with Gasteiger partial charge in [-0.15, -0.1) is 11.3 Å². The molecular formula is C14H15BrFNS. The van der Waals surface area contributed by atoms with E-state index in [1.165, 1.54) is 17.2 Å². The largest absolute Gasteiger partial charge is 0.312 e. The van der Waals surface area contributed by atoms with Crippen molar-refractivity contribution in [2.24, 2.45) is 0 Å². The van der Waals surface area contributed by atoms with Gasteiger partial charge in [0.15, 0.2) is 0 Å². The van der Waals surface area contributed by atoms with Crippen LogP contribution in [0, 0.1) is 12.7 Å². The number of hydrogen-bond acceptors (Lipinski definition) is 2. The maximum absolute atomic E-state index is 12.9. The molecule has 0 atom stereocenters. The molecule has 1 nitrogen and oxygen atoms in total. The van der Waals surface area contributed by atoms with E-state index in [0.717, 1.165) is 28.9 Å². The molecule has 0 bridgehead atoms. The van der Waals surface area contributed by atoms with Crippen molar-refractivity contribution in [2.45, 2.75) is 19.9 Å². The predicted molar refractivity (Wildman–Crippen MR) is 78.6 cm³/mol. The quantitative estimate of drug-likeness (QED) is 0.808. The maximum atomic E-state index is 12.9. The van der Waals surface area contributed by atoms with Crippen LogP contribution in [0.15, 0.2) is 33.4 Å². The van der Waals surface area contributed by atoms with Gasteiger partial charge in [-0.3, -0.25) is 0 Å². The van der Waals surface area contributed by atoms with E-state index < -0.39 is 0 Å². The van der Waals surface area contributed by atoms with Gasteiger partial charge in [0.2, 0.25) is 0 Å². The lowest BCUT2D eigenvalue weighted by molar-refractivity contribution is 0.624. The summed E-state index contributed by atoms with van der Waals surface area (Å²) in [5, 5.41) is 5.54. The molecule has 0 aliphatic rings. The molecule has 1 N–H and O–H groups in total. The zero-order valence-corrected chi connectivity index (χ0v) is 12.6. The number of halogens is 2. The third-order valence-electron chi connectivity index (χ3n) is 2.83. The molecule has 1 aromatic heterocycles. The van der Waals surface area contributed by atoms with Crippen LogP contribution in [0.1, 0.15) is 16.7 Å². The lowest BCUT2D eigenvalue weighted by Gasteiger charge is -2.07. The van der Waals surface area contributed by atoms with E-state index >= 15 is 0 Å². The van der Waals surface area contributed by atoms with Crippen molar-refractivity contribution in [1.82, 2.24) is 5.32 Å². The zero-order valence-electron chi connectivity index (χ0n) is 10.2. The lowest BCUT2D eigenvalue weighted by Crippen LogP contribution is -2.16. The van der Waals surface area contributed by atoms with Gasteiger partial charge >= 0.3 is 0 Å². The molecular weight excluding hydrogens is 313 g/mol. The van der Waals surface area contributed by atoms with Crippen LogP contribution < -0.4 is 5.32 Å². The average Bonchev–Trinajstić information content (AvgIpc) is 2.73. The van der Waals surface area contributed by atoms with E-state index in [0.29, 0.717) is 0 Å². The Morgan fingerprint density at radius 2 is 2.17 bits per heavy atom. The molecule has 0 aliphatic carbocycles. The summed E-state index contributed by atoms with van der Waals surface area (Å²) < 4.78 is 14.1. The Morgan fingerprint density at radius 3 is 2.83 bits per heavy atom. The molecule has 1 heterocycles. The Hall–Kier alpha value is -0.710. The number of thiophene rings is 1. The van der Waals surface area contributed by atoms with E-state index in [-0.39, 0.29) is 5.82 Å². The van der Waals surface area contributed by atoms with Crippen LogP contribution in [0.2, 0.25) is 0 Å². The molecule has 18 heavy (non-hydrogen) atoms. The van der Waals surface area contributed by atoms with E-state index in [4.69, 9.17) is 0 Å². The van der Waals surface area contributed by atoms with Crippen LogP contribution in [-0.4, -0.2) is 6.54 Å². The molecule has 0 aliphatic heterocycles. The first kappa shape index (κ1) is 13.7. The summed E-state index contributed by atoms with van der Waals surface area (Å²) in [5.41, 5.74) is 3.52. The first-order chi connectivity index (χ1) is 8.65. The first-order valence-electron chi connectivity index (χ1n) is 5.84. The van der Waals surface area contributed by atoms with Gasteiger partial charge in [-0.2, -0.15) is 0 Å². The zero-order chi connectivity index (χ0) is 13.0. The summed E-state index contributed by atoms with van der Waals surface area (Å²) in [6, 6.07) is 7.11. The van der Waals surface area contributed by atoms with Gasteiger partial charge in [0.1, 0.15) is 5.82 Å². The number of benzene rings is 1. The fourth-order valence-electron chi connectivity index (χ4n) is 1.83. The standard InChI is InChI=1S/C14H15BrFNS/c1-10-6-13(16)3-2-12(10)4-5-17-8-11-7-14(15)18-9-11/h2-3,6-7,9,17H,4-5,8H2,1H3. The number of hydrogen-bond donors (Lipinski definition) is 1. The average molecular weight is 328 g/mol. The lowest BCUT2D eigenvalue weighted by atomic mass is 10.1. The summed E-state index contributed by atoms with van der Waals surface area (Å²) in [6.07, 6.45) is 0.928. The molecule has 0 amide bonds. The summed E-state index contributed by atoms with van der Waals surface area (Å²) in [7, 11) is 0. The van der Waals surface area contributed by atoms with Crippen LogP contribution in [0.4, 0.5) is 4.39 Å². The van der Waals surface area contributed by atoms with E-state index in [1.54, 1.807) is 17.4 Å². The Labute approximate surface area is 119 Å². The van der Waals surface area contributed by atoms with Gasteiger partial charge in [-0.25, -0.2) is 4.39 Å². The van der Waals surface area contributed by atoms with Crippen molar-refractivity contribution in [1.29, 1.82) is 0 Å².